The summed E-state index contributed by atoms with van der Waals surface area (Å²) in [6, 6.07) is 11.8. The van der Waals surface area contributed by atoms with Gasteiger partial charge in [-0.3, -0.25) is 14.9 Å². The van der Waals surface area contributed by atoms with Crippen molar-refractivity contribution >= 4 is 41.1 Å². The zero-order valence-electron chi connectivity index (χ0n) is 14.7. The number of rotatable bonds is 3. The summed E-state index contributed by atoms with van der Waals surface area (Å²) in [6.07, 6.45) is 2.57. The van der Waals surface area contributed by atoms with Gasteiger partial charge in [0.15, 0.2) is 0 Å². The first kappa shape index (κ1) is 19.0. The van der Waals surface area contributed by atoms with Crippen molar-refractivity contribution in [1.29, 1.82) is 0 Å². The highest BCUT2D eigenvalue weighted by Crippen LogP contribution is 2.36. The largest absolute Gasteiger partial charge is 0.398 e. The van der Waals surface area contributed by atoms with Crippen molar-refractivity contribution in [3.8, 4) is 0 Å². The molecular weight excluding hydrogens is 368 g/mol. The van der Waals surface area contributed by atoms with Gasteiger partial charge in [0.2, 0.25) is 5.91 Å². The van der Waals surface area contributed by atoms with Crippen LogP contribution in [0.3, 0.4) is 0 Å². The van der Waals surface area contributed by atoms with Gasteiger partial charge in [0.1, 0.15) is 6.04 Å². The minimum atomic E-state index is -0.439. The van der Waals surface area contributed by atoms with Gasteiger partial charge in [-0.1, -0.05) is 12.1 Å². The summed E-state index contributed by atoms with van der Waals surface area (Å²) >= 11 is 0. The number of anilines is 3. The SMILES string of the molecule is Cl.Nc1cccc2c1CCCN2C1CCN(c2cccc([N+](=O)[O-])c2)C1=O. The summed E-state index contributed by atoms with van der Waals surface area (Å²) in [5.74, 6) is -0.0132. The van der Waals surface area contributed by atoms with E-state index in [9.17, 15) is 14.9 Å². The summed E-state index contributed by atoms with van der Waals surface area (Å²) in [5, 5.41) is 11.0. The molecular formula is C19H21ClN4O3. The minimum Gasteiger partial charge on any atom is -0.398 e. The van der Waals surface area contributed by atoms with Gasteiger partial charge < -0.3 is 15.5 Å². The van der Waals surface area contributed by atoms with Crippen molar-refractivity contribution < 1.29 is 9.72 Å². The number of fused-ring (bicyclic) bond motifs is 1. The minimum absolute atomic E-state index is 0. The number of benzene rings is 2. The number of nitrogen functional groups attached to an aromatic ring is 1. The molecule has 1 atom stereocenters. The number of nitro benzene ring substituents is 1. The van der Waals surface area contributed by atoms with Crippen LogP contribution in [0.1, 0.15) is 18.4 Å². The molecule has 0 aliphatic carbocycles. The average Bonchev–Trinajstić information content (AvgIpc) is 3.03. The third kappa shape index (κ3) is 3.30. The number of hydrogen-bond donors (Lipinski definition) is 1. The second kappa shape index (κ2) is 7.44. The number of nitrogens with zero attached hydrogens (tertiary/aromatic N) is 3. The maximum atomic E-state index is 13.1. The van der Waals surface area contributed by atoms with E-state index in [1.165, 1.54) is 12.1 Å². The fourth-order valence-electron chi connectivity index (χ4n) is 3.99. The van der Waals surface area contributed by atoms with Crippen LogP contribution in [0.2, 0.25) is 0 Å². The van der Waals surface area contributed by atoms with Crippen molar-refractivity contribution in [2.24, 2.45) is 0 Å². The fourth-order valence-corrected chi connectivity index (χ4v) is 3.99. The first-order valence-corrected chi connectivity index (χ1v) is 8.76. The number of non-ortho nitro benzene ring substituents is 1. The topological polar surface area (TPSA) is 92.7 Å². The Morgan fingerprint density at radius 3 is 2.70 bits per heavy atom. The maximum absolute atomic E-state index is 13.1. The third-order valence-corrected chi connectivity index (χ3v) is 5.23. The van der Waals surface area contributed by atoms with Gasteiger partial charge in [0.05, 0.1) is 10.6 Å². The number of hydrogen-bond acceptors (Lipinski definition) is 5. The molecule has 1 unspecified atom stereocenters. The van der Waals surface area contributed by atoms with Crippen LogP contribution in [0, 0.1) is 10.1 Å². The van der Waals surface area contributed by atoms with E-state index >= 15 is 0 Å². The summed E-state index contributed by atoms with van der Waals surface area (Å²) in [6.45, 7) is 1.37. The lowest BCUT2D eigenvalue weighted by atomic mass is 9.98. The molecule has 8 heteroatoms. The van der Waals surface area contributed by atoms with Crippen LogP contribution in [0.4, 0.5) is 22.7 Å². The zero-order chi connectivity index (χ0) is 18.3. The molecule has 2 aromatic rings. The van der Waals surface area contributed by atoms with E-state index in [0.29, 0.717) is 18.7 Å². The van der Waals surface area contributed by atoms with Crippen LogP contribution in [0.25, 0.3) is 0 Å². The molecule has 0 bridgehead atoms. The molecule has 0 radical (unpaired) electrons. The Morgan fingerprint density at radius 1 is 1.15 bits per heavy atom. The van der Waals surface area contributed by atoms with Crippen LogP contribution in [-0.4, -0.2) is 30.0 Å². The Balaban J connectivity index is 0.00000210. The molecule has 1 amide bonds. The number of carbonyl (C=O) groups is 1. The van der Waals surface area contributed by atoms with Crippen LogP contribution >= 0.6 is 12.4 Å². The summed E-state index contributed by atoms with van der Waals surface area (Å²) in [4.78, 5) is 27.4. The third-order valence-electron chi connectivity index (χ3n) is 5.23. The second-order valence-electron chi connectivity index (χ2n) is 6.71. The summed E-state index contributed by atoms with van der Waals surface area (Å²) in [5.41, 5.74) is 9.61. The highest BCUT2D eigenvalue weighted by molar-refractivity contribution is 6.01. The molecule has 4 rings (SSSR count). The predicted octanol–water partition coefficient (Wildman–Crippen LogP) is 3.16. The van der Waals surface area contributed by atoms with Crippen molar-refractivity contribution in [3.63, 3.8) is 0 Å². The molecule has 0 saturated carbocycles. The number of halogens is 1. The summed E-state index contributed by atoms with van der Waals surface area (Å²) in [7, 11) is 0. The van der Waals surface area contributed by atoms with Gasteiger partial charge in [-0.05, 0) is 43.0 Å². The van der Waals surface area contributed by atoms with E-state index in [0.717, 1.165) is 36.3 Å². The molecule has 7 nitrogen and oxygen atoms in total. The van der Waals surface area contributed by atoms with E-state index < -0.39 is 4.92 Å². The first-order chi connectivity index (χ1) is 12.6. The van der Waals surface area contributed by atoms with Gasteiger partial charge in [0, 0.05) is 36.6 Å². The van der Waals surface area contributed by atoms with E-state index in [1.807, 2.05) is 18.2 Å². The number of nitrogens with two attached hydrogens (primary N) is 1. The molecule has 2 aromatic carbocycles. The maximum Gasteiger partial charge on any atom is 0.271 e. The van der Waals surface area contributed by atoms with Crippen LogP contribution in [0.5, 0.6) is 0 Å². The number of carbonyl (C=O) groups excluding carboxylic acids is 1. The second-order valence-corrected chi connectivity index (χ2v) is 6.71. The highest BCUT2D eigenvalue weighted by Gasteiger charge is 2.38. The lowest BCUT2D eigenvalue weighted by molar-refractivity contribution is -0.384. The zero-order valence-corrected chi connectivity index (χ0v) is 15.5. The van der Waals surface area contributed by atoms with E-state index in [2.05, 4.69) is 4.90 Å². The van der Waals surface area contributed by atoms with Gasteiger partial charge in [-0.25, -0.2) is 0 Å². The van der Waals surface area contributed by atoms with E-state index in [-0.39, 0.29) is 30.0 Å². The molecule has 1 fully saturated rings. The predicted molar refractivity (Wildman–Crippen MR) is 108 cm³/mol. The van der Waals surface area contributed by atoms with Gasteiger partial charge in [-0.2, -0.15) is 0 Å². The highest BCUT2D eigenvalue weighted by atomic mass is 35.5. The molecule has 142 valence electrons. The van der Waals surface area contributed by atoms with E-state index in [4.69, 9.17) is 5.73 Å². The van der Waals surface area contributed by atoms with Crippen molar-refractivity contribution in [2.75, 3.05) is 28.6 Å². The number of nitro groups is 1. The van der Waals surface area contributed by atoms with Gasteiger partial charge >= 0.3 is 0 Å². The van der Waals surface area contributed by atoms with Gasteiger partial charge in [0.25, 0.3) is 5.69 Å². The van der Waals surface area contributed by atoms with Crippen LogP contribution < -0.4 is 15.5 Å². The van der Waals surface area contributed by atoms with Crippen LogP contribution in [-0.2, 0) is 11.2 Å². The Kier molecular flexibility index (Phi) is 5.23. The average molecular weight is 389 g/mol. The molecule has 2 N–H and O–H groups in total. The molecule has 1 saturated heterocycles. The van der Waals surface area contributed by atoms with Crippen molar-refractivity contribution in [3.05, 3.63) is 58.1 Å². The van der Waals surface area contributed by atoms with Crippen molar-refractivity contribution in [2.45, 2.75) is 25.3 Å². The Bertz CT molecular complexity index is 889. The fraction of sp³-hybridized carbons (Fsp3) is 0.316. The molecule has 2 heterocycles. The molecule has 0 aromatic heterocycles. The lowest BCUT2D eigenvalue weighted by Crippen LogP contribution is -2.44. The first-order valence-electron chi connectivity index (χ1n) is 8.76. The smallest absolute Gasteiger partial charge is 0.271 e. The standard InChI is InChI=1S/C19H20N4O3.ClH/c20-16-7-2-8-17-15(16)6-3-10-22(17)18-9-11-21(19(18)24)13-4-1-5-14(12-13)23(25)26;/h1-2,4-5,7-8,12,18H,3,6,9-11,20H2;1H. The molecule has 0 spiro atoms. The molecule has 27 heavy (non-hydrogen) atoms. The van der Waals surface area contributed by atoms with Crippen molar-refractivity contribution in [1.82, 2.24) is 0 Å². The normalized spacial score (nSPS) is 18.8. The monoisotopic (exact) mass is 388 g/mol. The Labute approximate surface area is 163 Å². The molecule has 2 aliphatic heterocycles. The Hall–Kier alpha value is -2.80. The number of amides is 1. The summed E-state index contributed by atoms with van der Waals surface area (Å²) < 4.78 is 0. The Morgan fingerprint density at radius 2 is 1.93 bits per heavy atom. The lowest BCUT2D eigenvalue weighted by Gasteiger charge is -2.35. The van der Waals surface area contributed by atoms with Crippen LogP contribution in [0.15, 0.2) is 42.5 Å². The molecule has 2 aliphatic rings. The van der Waals surface area contributed by atoms with E-state index in [1.54, 1.807) is 17.0 Å². The quantitative estimate of drug-likeness (QED) is 0.495. The van der Waals surface area contributed by atoms with Gasteiger partial charge in [-0.15, -0.1) is 12.4 Å².